The van der Waals surface area contributed by atoms with Crippen LogP contribution in [0.3, 0.4) is 0 Å². The first-order chi connectivity index (χ1) is 11.6. The summed E-state index contributed by atoms with van der Waals surface area (Å²) in [6.45, 7) is 3.89. The Hall–Kier alpha value is -1.59. The molecule has 1 aromatic rings. The predicted molar refractivity (Wildman–Crippen MR) is 92.9 cm³/mol. The third-order valence-corrected chi connectivity index (χ3v) is 5.32. The molecule has 0 N–H and O–H groups in total. The van der Waals surface area contributed by atoms with E-state index in [1.807, 2.05) is 26.2 Å². The Labute approximate surface area is 144 Å². The average molecular weight is 332 g/mol. The molecule has 2 aliphatic rings. The maximum Gasteiger partial charge on any atom is 0.224 e. The minimum Gasteiger partial charge on any atom is -0.497 e. The van der Waals surface area contributed by atoms with Gasteiger partial charge in [-0.2, -0.15) is 0 Å². The summed E-state index contributed by atoms with van der Waals surface area (Å²) in [5.41, 5.74) is 1.31. The molecule has 5 heteroatoms. The lowest BCUT2D eigenvalue weighted by atomic mass is 9.83. The summed E-state index contributed by atoms with van der Waals surface area (Å²) in [4.78, 5) is 16.1. The maximum absolute atomic E-state index is 12.0. The molecule has 0 aliphatic carbocycles. The summed E-state index contributed by atoms with van der Waals surface area (Å²) in [5.74, 6) is 2.15. The van der Waals surface area contributed by atoms with Gasteiger partial charge in [-0.25, -0.2) is 0 Å². The Morgan fingerprint density at radius 1 is 1.33 bits per heavy atom. The van der Waals surface area contributed by atoms with Crippen molar-refractivity contribution in [1.82, 2.24) is 9.80 Å². The van der Waals surface area contributed by atoms with E-state index in [1.165, 1.54) is 5.56 Å². The number of carbonyl (C=O) groups is 1. The molecule has 2 heterocycles. The lowest BCUT2D eigenvalue weighted by molar-refractivity contribution is -0.131. The van der Waals surface area contributed by atoms with Crippen molar-refractivity contribution in [3.63, 3.8) is 0 Å². The molecule has 0 bridgehead atoms. The molecule has 0 unspecified atom stereocenters. The fourth-order valence-corrected chi connectivity index (χ4v) is 3.86. The van der Waals surface area contributed by atoms with Gasteiger partial charge in [-0.05, 0) is 36.6 Å². The van der Waals surface area contributed by atoms with Crippen molar-refractivity contribution in [2.24, 2.45) is 11.8 Å². The number of hydrogen-bond donors (Lipinski definition) is 0. The summed E-state index contributed by atoms with van der Waals surface area (Å²) < 4.78 is 11.2. The standard InChI is InChI=1S/C19H28N2O3/c1-20(2)19(22)10-18-17-8-9-21(12-15(17)13-24-18)11-14-4-6-16(23-3)7-5-14/h4-7,15,17-18H,8-13H2,1-3H3/t15-,17-,18+/m1/s1. The second kappa shape index (κ2) is 7.53. The number of fused-ring (bicyclic) bond motifs is 1. The van der Waals surface area contributed by atoms with Crippen LogP contribution in [0, 0.1) is 11.8 Å². The second-order valence-electron chi connectivity index (χ2n) is 7.16. The van der Waals surface area contributed by atoms with Crippen molar-refractivity contribution in [3.05, 3.63) is 29.8 Å². The lowest BCUT2D eigenvalue weighted by Crippen LogP contribution is -2.41. The summed E-state index contributed by atoms with van der Waals surface area (Å²) in [6, 6.07) is 8.30. The number of likely N-dealkylation sites (tertiary alicyclic amines) is 1. The fraction of sp³-hybridized carbons (Fsp3) is 0.632. The first-order valence-electron chi connectivity index (χ1n) is 8.74. The zero-order chi connectivity index (χ0) is 17.1. The minimum absolute atomic E-state index is 0.105. The van der Waals surface area contributed by atoms with Crippen molar-refractivity contribution in [1.29, 1.82) is 0 Å². The summed E-state index contributed by atoms with van der Waals surface area (Å²) >= 11 is 0. The van der Waals surface area contributed by atoms with E-state index < -0.39 is 0 Å². The minimum atomic E-state index is 0.105. The molecule has 2 saturated heterocycles. The first kappa shape index (κ1) is 17.2. The van der Waals surface area contributed by atoms with E-state index in [9.17, 15) is 4.79 Å². The van der Waals surface area contributed by atoms with E-state index in [0.29, 0.717) is 18.3 Å². The van der Waals surface area contributed by atoms with Gasteiger partial charge in [-0.3, -0.25) is 9.69 Å². The molecule has 5 nitrogen and oxygen atoms in total. The van der Waals surface area contributed by atoms with Gasteiger partial charge in [0.15, 0.2) is 0 Å². The highest BCUT2D eigenvalue weighted by molar-refractivity contribution is 5.76. The van der Waals surface area contributed by atoms with Gasteiger partial charge in [0.05, 0.1) is 26.2 Å². The molecule has 132 valence electrons. The highest BCUT2D eigenvalue weighted by Gasteiger charge is 2.41. The number of carbonyl (C=O) groups excluding carboxylic acids is 1. The Balaban J connectivity index is 1.53. The number of piperidine rings is 1. The van der Waals surface area contributed by atoms with Crippen LogP contribution >= 0.6 is 0 Å². The molecule has 2 fully saturated rings. The molecule has 2 aliphatic heterocycles. The van der Waals surface area contributed by atoms with Crippen LogP contribution in [-0.4, -0.2) is 62.7 Å². The van der Waals surface area contributed by atoms with Gasteiger partial charge >= 0.3 is 0 Å². The average Bonchev–Trinajstić information content (AvgIpc) is 2.97. The highest BCUT2D eigenvalue weighted by Crippen LogP contribution is 2.36. The largest absolute Gasteiger partial charge is 0.497 e. The van der Waals surface area contributed by atoms with Gasteiger partial charge in [0, 0.05) is 33.1 Å². The monoisotopic (exact) mass is 332 g/mol. The molecular weight excluding hydrogens is 304 g/mol. The number of benzene rings is 1. The van der Waals surface area contributed by atoms with Crippen molar-refractivity contribution < 1.29 is 14.3 Å². The first-order valence-corrected chi connectivity index (χ1v) is 8.74. The topological polar surface area (TPSA) is 42.0 Å². The number of rotatable bonds is 5. The summed E-state index contributed by atoms with van der Waals surface area (Å²) in [7, 11) is 5.32. The van der Waals surface area contributed by atoms with Crippen molar-refractivity contribution in [3.8, 4) is 5.75 Å². The highest BCUT2D eigenvalue weighted by atomic mass is 16.5. The van der Waals surface area contributed by atoms with Gasteiger partial charge in [-0.15, -0.1) is 0 Å². The van der Waals surface area contributed by atoms with Crippen LogP contribution in [-0.2, 0) is 16.1 Å². The third kappa shape index (κ3) is 3.90. The van der Waals surface area contributed by atoms with E-state index >= 15 is 0 Å². The van der Waals surface area contributed by atoms with Crippen LogP contribution in [0.15, 0.2) is 24.3 Å². The molecule has 24 heavy (non-hydrogen) atoms. The van der Waals surface area contributed by atoms with E-state index in [1.54, 1.807) is 12.0 Å². The number of ether oxygens (including phenoxy) is 2. The smallest absolute Gasteiger partial charge is 0.224 e. The predicted octanol–water partition coefficient (Wildman–Crippen LogP) is 2.01. The van der Waals surface area contributed by atoms with Crippen LogP contribution in [0.25, 0.3) is 0 Å². The fourth-order valence-electron chi connectivity index (χ4n) is 3.86. The molecule has 1 aromatic carbocycles. The molecule has 0 saturated carbocycles. The molecule has 3 atom stereocenters. The Bertz CT molecular complexity index is 558. The van der Waals surface area contributed by atoms with Crippen LogP contribution in [0.2, 0.25) is 0 Å². The number of methoxy groups -OCH3 is 1. The van der Waals surface area contributed by atoms with E-state index in [2.05, 4.69) is 17.0 Å². The van der Waals surface area contributed by atoms with Gasteiger partial charge < -0.3 is 14.4 Å². The van der Waals surface area contributed by atoms with E-state index in [0.717, 1.165) is 38.4 Å². The SMILES string of the molecule is COc1ccc(CN2CC[C@@H]3[C@@H](CO[C@H]3CC(=O)N(C)C)C2)cc1. The zero-order valence-electron chi connectivity index (χ0n) is 14.9. The molecular formula is C19H28N2O3. The van der Waals surface area contributed by atoms with Crippen molar-refractivity contribution in [2.45, 2.75) is 25.5 Å². The Morgan fingerprint density at radius 2 is 2.08 bits per heavy atom. The molecule has 0 spiro atoms. The maximum atomic E-state index is 12.0. The molecule has 3 rings (SSSR count). The van der Waals surface area contributed by atoms with Gasteiger partial charge in [0.2, 0.25) is 5.91 Å². The second-order valence-corrected chi connectivity index (χ2v) is 7.16. The van der Waals surface area contributed by atoms with Gasteiger partial charge in [-0.1, -0.05) is 12.1 Å². The number of nitrogens with zero attached hydrogens (tertiary/aromatic N) is 2. The normalized spacial score (nSPS) is 26.9. The van der Waals surface area contributed by atoms with Crippen molar-refractivity contribution in [2.75, 3.05) is 40.9 Å². The molecule has 0 aromatic heterocycles. The number of hydrogen-bond acceptors (Lipinski definition) is 4. The lowest BCUT2D eigenvalue weighted by Gasteiger charge is -2.35. The van der Waals surface area contributed by atoms with Gasteiger partial charge in [0.1, 0.15) is 5.75 Å². The van der Waals surface area contributed by atoms with E-state index in [-0.39, 0.29) is 12.0 Å². The summed E-state index contributed by atoms with van der Waals surface area (Å²) in [6.07, 6.45) is 1.74. The Morgan fingerprint density at radius 3 is 2.75 bits per heavy atom. The molecule has 1 amide bonds. The van der Waals surface area contributed by atoms with Crippen LogP contribution in [0.1, 0.15) is 18.4 Å². The Kier molecular flexibility index (Phi) is 5.41. The summed E-state index contributed by atoms with van der Waals surface area (Å²) in [5, 5.41) is 0. The van der Waals surface area contributed by atoms with Crippen LogP contribution in [0.5, 0.6) is 5.75 Å². The van der Waals surface area contributed by atoms with Crippen LogP contribution in [0.4, 0.5) is 0 Å². The third-order valence-electron chi connectivity index (χ3n) is 5.32. The van der Waals surface area contributed by atoms with Crippen molar-refractivity contribution >= 4 is 5.91 Å². The quantitative estimate of drug-likeness (QED) is 0.827. The zero-order valence-corrected chi connectivity index (χ0v) is 14.9. The van der Waals surface area contributed by atoms with E-state index in [4.69, 9.17) is 9.47 Å². The number of amides is 1. The van der Waals surface area contributed by atoms with Gasteiger partial charge in [0.25, 0.3) is 0 Å². The van der Waals surface area contributed by atoms with Crippen LogP contribution < -0.4 is 4.74 Å². The molecule has 0 radical (unpaired) electrons.